The molecule has 1 aliphatic heterocycles. The van der Waals surface area contributed by atoms with E-state index >= 15 is 0 Å². The number of aromatic nitrogens is 2. The number of rotatable bonds is 4. The summed E-state index contributed by atoms with van der Waals surface area (Å²) in [6.07, 6.45) is 5.87. The number of nitrogens with zero attached hydrogens (tertiary/aromatic N) is 3. The van der Waals surface area contributed by atoms with Crippen molar-refractivity contribution in [2.75, 3.05) is 30.4 Å². The first-order valence-corrected chi connectivity index (χ1v) is 11.1. The lowest BCUT2D eigenvalue weighted by Gasteiger charge is -2.23. The summed E-state index contributed by atoms with van der Waals surface area (Å²) < 4.78 is 5.86. The van der Waals surface area contributed by atoms with Gasteiger partial charge in [-0.15, -0.1) is 0 Å². The molecule has 0 atom stereocenters. The molecule has 1 saturated heterocycles. The predicted octanol–water partition coefficient (Wildman–Crippen LogP) is 5.01. The second-order valence-electron chi connectivity index (χ2n) is 7.75. The van der Waals surface area contributed by atoms with Gasteiger partial charge >= 0.3 is 12.1 Å². The summed E-state index contributed by atoms with van der Waals surface area (Å²) >= 11 is 6.50. The van der Waals surface area contributed by atoms with Gasteiger partial charge in [-0.1, -0.05) is 36.6 Å². The Labute approximate surface area is 191 Å². The van der Waals surface area contributed by atoms with Crippen molar-refractivity contribution in [2.45, 2.75) is 32.2 Å². The molecule has 168 valence electrons. The summed E-state index contributed by atoms with van der Waals surface area (Å²) in [5.74, 6) is 0. The lowest BCUT2D eigenvalue weighted by molar-refractivity contribution is 0.170. The number of carbonyl (C=O) groups is 2. The third-order valence-electron chi connectivity index (χ3n) is 5.66. The fourth-order valence-corrected chi connectivity index (χ4v) is 4.18. The summed E-state index contributed by atoms with van der Waals surface area (Å²) in [7, 11) is 1.29. The van der Waals surface area contributed by atoms with Gasteiger partial charge in [0.2, 0.25) is 0 Å². The predicted molar refractivity (Wildman–Crippen MR) is 126 cm³/mol. The molecule has 32 heavy (non-hydrogen) atoms. The molecule has 0 saturated carbocycles. The highest BCUT2D eigenvalue weighted by Crippen LogP contribution is 2.26. The van der Waals surface area contributed by atoms with Crippen LogP contribution in [0.5, 0.6) is 0 Å². The number of ether oxygens (including phenoxy) is 1. The minimum absolute atomic E-state index is 0.294. The number of urea groups is 1. The van der Waals surface area contributed by atoms with Gasteiger partial charge in [-0.25, -0.2) is 9.59 Å². The summed E-state index contributed by atoms with van der Waals surface area (Å²) in [5, 5.41) is 10.9. The van der Waals surface area contributed by atoms with E-state index in [0.29, 0.717) is 28.2 Å². The summed E-state index contributed by atoms with van der Waals surface area (Å²) in [5.41, 5.74) is 3.05. The Morgan fingerprint density at radius 3 is 2.62 bits per heavy atom. The highest BCUT2D eigenvalue weighted by Gasteiger charge is 2.15. The average Bonchev–Trinajstić information content (AvgIpc) is 3.05. The third kappa shape index (κ3) is 4.80. The second-order valence-corrected chi connectivity index (χ2v) is 8.16. The molecule has 0 bridgehead atoms. The molecular weight excluding hydrogens is 430 g/mol. The summed E-state index contributed by atoms with van der Waals surface area (Å²) in [6.45, 7) is 2.39. The first kappa shape index (κ1) is 22.0. The van der Waals surface area contributed by atoms with Crippen LogP contribution in [0.2, 0.25) is 5.02 Å². The van der Waals surface area contributed by atoms with E-state index in [9.17, 15) is 9.59 Å². The molecule has 0 radical (unpaired) electrons. The fourth-order valence-electron chi connectivity index (χ4n) is 3.94. The summed E-state index contributed by atoms with van der Waals surface area (Å²) in [6, 6.07) is 10.8. The molecule has 0 spiro atoms. The number of halogens is 1. The Kier molecular flexibility index (Phi) is 6.80. The largest absolute Gasteiger partial charge is 0.451 e. The number of fused-ring (bicyclic) bond motifs is 1. The van der Waals surface area contributed by atoms with E-state index in [1.165, 1.54) is 39.0 Å². The molecule has 2 N–H and O–H groups in total. The van der Waals surface area contributed by atoms with Gasteiger partial charge in [-0.05, 0) is 42.7 Å². The Hall–Kier alpha value is -3.26. The number of methoxy groups -OCH3 is 1. The highest BCUT2D eigenvalue weighted by atomic mass is 35.5. The van der Waals surface area contributed by atoms with Crippen LogP contribution in [0.15, 0.2) is 42.6 Å². The maximum absolute atomic E-state index is 12.5. The normalized spacial score (nSPS) is 14.1. The van der Waals surface area contributed by atoms with Crippen molar-refractivity contribution >= 4 is 46.0 Å². The fraction of sp³-hybridized carbons (Fsp3) is 0.348. The quantitative estimate of drug-likeness (QED) is 0.577. The molecule has 2 amide bonds. The van der Waals surface area contributed by atoms with E-state index in [0.717, 1.165) is 29.0 Å². The monoisotopic (exact) mass is 455 g/mol. The van der Waals surface area contributed by atoms with E-state index in [2.05, 4.69) is 26.7 Å². The van der Waals surface area contributed by atoms with Gasteiger partial charge in [0.15, 0.2) is 0 Å². The van der Waals surface area contributed by atoms with Crippen LogP contribution in [0.25, 0.3) is 10.9 Å². The standard InChI is InChI=1S/C23H26ClN5O3/c1-32-23(31)29-21-8-6-7-20(18(21)15-26-29)27-22(30)25-14-16-9-10-17(13-19(16)24)28-11-4-2-3-5-12-28/h6-10,13,15H,2-5,11-12,14H2,1H3,(H2,25,27,30). The van der Waals surface area contributed by atoms with Crippen LogP contribution in [-0.4, -0.2) is 42.1 Å². The van der Waals surface area contributed by atoms with E-state index < -0.39 is 6.09 Å². The van der Waals surface area contributed by atoms with Crippen molar-refractivity contribution in [1.82, 2.24) is 15.1 Å². The van der Waals surface area contributed by atoms with E-state index in [1.54, 1.807) is 18.2 Å². The maximum Gasteiger partial charge on any atom is 0.434 e. The number of benzene rings is 2. The Morgan fingerprint density at radius 1 is 1.12 bits per heavy atom. The Balaban J connectivity index is 1.40. The minimum Gasteiger partial charge on any atom is -0.451 e. The van der Waals surface area contributed by atoms with Crippen molar-refractivity contribution in [3.05, 3.63) is 53.2 Å². The third-order valence-corrected chi connectivity index (χ3v) is 6.01. The molecule has 9 heteroatoms. The van der Waals surface area contributed by atoms with Gasteiger partial charge in [0.25, 0.3) is 0 Å². The van der Waals surface area contributed by atoms with Crippen LogP contribution >= 0.6 is 11.6 Å². The molecule has 1 fully saturated rings. The highest BCUT2D eigenvalue weighted by molar-refractivity contribution is 6.31. The van der Waals surface area contributed by atoms with E-state index in [4.69, 9.17) is 16.3 Å². The van der Waals surface area contributed by atoms with Gasteiger partial charge in [-0.2, -0.15) is 9.78 Å². The molecule has 0 aliphatic carbocycles. The zero-order chi connectivity index (χ0) is 22.5. The molecule has 2 aromatic carbocycles. The van der Waals surface area contributed by atoms with Crippen molar-refractivity contribution in [3.63, 3.8) is 0 Å². The van der Waals surface area contributed by atoms with Gasteiger partial charge < -0.3 is 20.3 Å². The van der Waals surface area contributed by atoms with Crippen LogP contribution in [-0.2, 0) is 11.3 Å². The van der Waals surface area contributed by atoms with Crippen LogP contribution in [0.1, 0.15) is 31.2 Å². The number of hydrogen-bond acceptors (Lipinski definition) is 5. The second kappa shape index (κ2) is 9.91. The Morgan fingerprint density at radius 2 is 1.91 bits per heavy atom. The van der Waals surface area contributed by atoms with Gasteiger partial charge in [0.1, 0.15) is 0 Å². The first-order valence-electron chi connectivity index (χ1n) is 10.7. The van der Waals surface area contributed by atoms with Crippen molar-refractivity contribution in [1.29, 1.82) is 0 Å². The number of amides is 2. The number of nitrogens with one attached hydrogen (secondary N) is 2. The van der Waals surface area contributed by atoms with Gasteiger partial charge in [-0.3, -0.25) is 0 Å². The van der Waals surface area contributed by atoms with Crippen LogP contribution in [0.3, 0.4) is 0 Å². The number of carbonyl (C=O) groups excluding carboxylic acids is 2. The maximum atomic E-state index is 12.5. The first-order chi connectivity index (χ1) is 15.6. The van der Waals surface area contributed by atoms with Crippen LogP contribution < -0.4 is 15.5 Å². The Bertz CT molecular complexity index is 1120. The zero-order valence-electron chi connectivity index (χ0n) is 17.9. The summed E-state index contributed by atoms with van der Waals surface area (Å²) in [4.78, 5) is 26.7. The van der Waals surface area contributed by atoms with Crippen molar-refractivity contribution in [3.8, 4) is 0 Å². The topological polar surface area (TPSA) is 88.5 Å². The number of hydrogen-bond donors (Lipinski definition) is 2. The number of anilines is 2. The molecule has 4 rings (SSSR count). The zero-order valence-corrected chi connectivity index (χ0v) is 18.7. The van der Waals surface area contributed by atoms with Gasteiger partial charge in [0, 0.05) is 35.7 Å². The smallest absolute Gasteiger partial charge is 0.434 e. The molecule has 3 aromatic rings. The van der Waals surface area contributed by atoms with E-state index in [1.807, 2.05) is 12.1 Å². The van der Waals surface area contributed by atoms with Crippen molar-refractivity contribution in [2.24, 2.45) is 0 Å². The van der Waals surface area contributed by atoms with E-state index in [-0.39, 0.29) is 6.03 Å². The van der Waals surface area contributed by atoms with Crippen LogP contribution in [0.4, 0.5) is 21.0 Å². The van der Waals surface area contributed by atoms with Crippen LogP contribution in [0, 0.1) is 0 Å². The molecule has 8 nitrogen and oxygen atoms in total. The lowest BCUT2D eigenvalue weighted by Crippen LogP contribution is -2.28. The molecule has 2 heterocycles. The molecule has 0 unspecified atom stereocenters. The molecule has 1 aliphatic rings. The molecular formula is C23H26ClN5O3. The minimum atomic E-state index is -0.597. The van der Waals surface area contributed by atoms with Crippen molar-refractivity contribution < 1.29 is 14.3 Å². The van der Waals surface area contributed by atoms with Gasteiger partial charge in [0.05, 0.1) is 24.5 Å². The molecule has 1 aromatic heterocycles. The average molecular weight is 456 g/mol. The SMILES string of the molecule is COC(=O)n1ncc2c(NC(=O)NCc3ccc(N4CCCCCC4)cc3Cl)cccc21. The lowest BCUT2D eigenvalue weighted by atomic mass is 10.2.